The van der Waals surface area contributed by atoms with Crippen LogP contribution in [0.3, 0.4) is 0 Å². The first-order chi connectivity index (χ1) is 5.84. The summed E-state index contributed by atoms with van der Waals surface area (Å²) in [5.74, 6) is -0.924. The third-order valence-electron chi connectivity index (χ3n) is 1.43. The van der Waals surface area contributed by atoms with Crippen molar-refractivity contribution in [2.75, 3.05) is 5.73 Å². The van der Waals surface area contributed by atoms with Gasteiger partial charge in [-0.05, 0) is 12.1 Å². The highest BCUT2D eigenvalue weighted by Gasteiger charge is 2.37. The fourth-order valence-corrected chi connectivity index (χ4v) is 1.12. The summed E-state index contributed by atoms with van der Waals surface area (Å²) in [4.78, 5) is 0. The van der Waals surface area contributed by atoms with E-state index >= 15 is 0 Å². The Morgan fingerprint density at radius 2 is 1.85 bits per heavy atom. The maximum Gasteiger partial charge on any atom is 0.421 e. The zero-order chi connectivity index (χ0) is 10.2. The molecule has 0 amide bonds. The van der Waals surface area contributed by atoms with Gasteiger partial charge in [0.2, 0.25) is 0 Å². The number of anilines is 1. The minimum atomic E-state index is -4.70. The highest BCUT2D eigenvalue weighted by atomic mass is 35.5. The van der Waals surface area contributed by atoms with Crippen molar-refractivity contribution in [3.8, 4) is 5.75 Å². The number of alkyl halides is 3. The monoisotopic (exact) mass is 211 g/mol. The Morgan fingerprint density at radius 1 is 1.31 bits per heavy atom. The maximum absolute atomic E-state index is 12.2. The first-order valence-electron chi connectivity index (χ1n) is 3.18. The number of halogens is 4. The number of benzene rings is 1. The first-order valence-corrected chi connectivity index (χ1v) is 3.56. The summed E-state index contributed by atoms with van der Waals surface area (Å²) in [6, 6.07) is 1.96. The standard InChI is InChI=1S/C7H5ClF3NO/c8-6-3(12)1-2-4(13)5(6)7(9,10)11/h1-2,13H,12H2. The Balaban J connectivity index is 3.43. The molecule has 2 nitrogen and oxygen atoms in total. The lowest BCUT2D eigenvalue weighted by Gasteiger charge is -2.11. The molecule has 0 heterocycles. The van der Waals surface area contributed by atoms with Crippen LogP contribution < -0.4 is 5.73 Å². The lowest BCUT2D eigenvalue weighted by atomic mass is 10.1. The van der Waals surface area contributed by atoms with E-state index in [-0.39, 0.29) is 5.69 Å². The van der Waals surface area contributed by atoms with Crippen LogP contribution in [0.2, 0.25) is 5.02 Å². The number of rotatable bonds is 0. The zero-order valence-electron chi connectivity index (χ0n) is 6.19. The Morgan fingerprint density at radius 3 is 2.23 bits per heavy atom. The number of hydrogen-bond donors (Lipinski definition) is 2. The van der Waals surface area contributed by atoms with Crippen LogP contribution >= 0.6 is 11.6 Å². The Labute approximate surface area is 76.7 Å². The first kappa shape index (κ1) is 9.98. The average Bonchev–Trinajstić information content (AvgIpc) is 1.95. The fraction of sp³-hybridized carbons (Fsp3) is 0.143. The van der Waals surface area contributed by atoms with Gasteiger partial charge in [0.15, 0.2) is 0 Å². The maximum atomic E-state index is 12.2. The summed E-state index contributed by atoms with van der Waals surface area (Å²) in [6.07, 6.45) is -4.70. The number of nitrogen functional groups attached to an aromatic ring is 1. The van der Waals surface area contributed by atoms with Crippen molar-refractivity contribution in [1.82, 2.24) is 0 Å². The predicted molar refractivity (Wildman–Crippen MR) is 42.5 cm³/mol. The SMILES string of the molecule is Nc1ccc(O)c(C(F)(F)F)c1Cl. The molecule has 6 heteroatoms. The van der Waals surface area contributed by atoms with Crippen LogP contribution in [-0.2, 0) is 6.18 Å². The summed E-state index contributed by atoms with van der Waals surface area (Å²) >= 11 is 5.28. The van der Waals surface area contributed by atoms with Crippen LogP contribution in [0, 0.1) is 0 Å². The van der Waals surface area contributed by atoms with Crippen molar-refractivity contribution in [2.24, 2.45) is 0 Å². The molecule has 0 spiro atoms. The molecule has 0 radical (unpaired) electrons. The van der Waals surface area contributed by atoms with Crippen LogP contribution in [0.15, 0.2) is 12.1 Å². The Bertz CT molecular complexity index is 337. The number of phenolic OH excluding ortho intramolecular Hbond substituents is 1. The highest BCUT2D eigenvalue weighted by Crippen LogP contribution is 2.42. The van der Waals surface area contributed by atoms with E-state index in [9.17, 15) is 13.2 Å². The zero-order valence-corrected chi connectivity index (χ0v) is 6.95. The van der Waals surface area contributed by atoms with E-state index in [4.69, 9.17) is 22.4 Å². The van der Waals surface area contributed by atoms with E-state index in [0.29, 0.717) is 0 Å². The predicted octanol–water partition coefficient (Wildman–Crippen LogP) is 2.65. The van der Waals surface area contributed by atoms with Gasteiger partial charge in [0, 0.05) is 0 Å². The lowest BCUT2D eigenvalue weighted by Crippen LogP contribution is -2.07. The van der Waals surface area contributed by atoms with Gasteiger partial charge in [0.05, 0.1) is 10.7 Å². The second-order valence-electron chi connectivity index (χ2n) is 2.36. The fourth-order valence-electron chi connectivity index (χ4n) is 0.852. The summed E-state index contributed by atoms with van der Waals surface area (Å²) in [5.41, 5.74) is 3.63. The second kappa shape index (κ2) is 2.99. The number of hydrogen-bond acceptors (Lipinski definition) is 2. The third-order valence-corrected chi connectivity index (χ3v) is 1.84. The third kappa shape index (κ3) is 1.80. The molecule has 0 bridgehead atoms. The average molecular weight is 212 g/mol. The summed E-state index contributed by atoms with van der Waals surface area (Å²) in [7, 11) is 0. The van der Waals surface area contributed by atoms with Gasteiger partial charge in [0.1, 0.15) is 11.3 Å². The van der Waals surface area contributed by atoms with Gasteiger partial charge in [-0.3, -0.25) is 0 Å². The van der Waals surface area contributed by atoms with Crippen molar-refractivity contribution in [3.05, 3.63) is 22.7 Å². The molecule has 0 aliphatic heterocycles. The molecule has 0 saturated heterocycles. The molecule has 1 aromatic carbocycles. The molecule has 3 N–H and O–H groups in total. The molecule has 0 fully saturated rings. The number of nitrogens with two attached hydrogens (primary N) is 1. The largest absolute Gasteiger partial charge is 0.507 e. The van der Waals surface area contributed by atoms with Crippen molar-refractivity contribution in [2.45, 2.75) is 6.18 Å². The van der Waals surface area contributed by atoms with Gasteiger partial charge in [0.25, 0.3) is 0 Å². The Hall–Kier alpha value is -1.10. The van der Waals surface area contributed by atoms with Crippen molar-refractivity contribution in [1.29, 1.82) is 0 Å². The number of phenols is 1. The van der Waals surface area contributed by atoms with Crippen LogP contribution in [0.25, 0.3) is 0 Å². The van der Waals surface area contributed by atoms with Crippen LogP contribution in [0.5, 0.6) is 5.75 Å². The van der Waals surface area contributed by atoms with Crippen LogP contribution in [0.4, 0.5) is 18.9 Å². The molecule has 0 aliphatic carbocycles. The lowest BCUT2D eigenvalue weighted by molar-refractivity contribution is -0.138. The molecule has 72 valence electrons. The molecule has 0 atom stereocenters. The van der Waals surface area contributed by atoms with Gasteiger partial charge in [-0.2, -0.15) is 13.2 Å². The van der Waals surface area contributed by atoms with Gasteiger partial charge in [-0.25, -0.2) is 0 Å². The van der Waals surface area contributed by atoms with E-state index in [1.54, 1.807) is 0 Å². The van der Waals surface area contributed by atoms with E-state index in [0.717, 1.165) is 12.1 Å². The molecule has 1 rings (SSSR count). The number of aromatic hydroxyl groups is 1. The van der Waals surface area contributed by atoms with E-state index < -0.39 is 22.5 Å². The summed E-state index contributed by atoms with van der Waals surface area (Å²) in [6.45, 7) is 0. The molecular formula is C7H5ClF3NO. The quantitative estimate of drug-likeness (QED) is 0.512. The Kier molecular flexibility index (Phi) is 2.30. The second-order valence-corrected chi connectivity index (χ2v) is 2.74. The van der Waals surface area contributed by atoms with E-state index in [1.165, 1.54) is 0 Å². The molecule has 0 unspecified atom stereocenters. The minimum absolute atomic E-state index is 0.216. The summed E-state index contributed by atoms with van der Waals surface area (Å²) < 4.78 is 36.6. The summed E-state index contributed by atoms with van der Waals surface area (Å²) in [5, 5.41) is 8.22. The van der Waals surface area contributed by atoms with Gasteiger partial charge in [-0.1, -0.05) is 11.6 Å². The smallest absolute Gasteiger partial charge is 0.421 e. The highest BCUT2D eigenvalue weighted by molar-refractivity contribution is 6.34. The molecule has 13 heavy (non-hydrogen) atoms. The van der Waals surface area contributed by atoms with Crippen molar-refractivity contribution >= 4 is 17.3 Å². The van der Waals surface area contributed by atoms with Gasteiger partial charge >= 0.3 is 6.18 Å². The van der Waals surface area contributed by atoms with E-state index in [1.807, 2.05) is 0 Å². The minimum Gasteiger partial charge on any atom is -0.507 e. The molecular weight excluding hydrogens is 207 g/mol. The van der Waals surface area contributed by atoms with Crippen molar-refractivity contribution in [3.63, 3.8) is 0 Å². The normalized spacial score (nSPS) is 11.7. The van der Waals surface area contributed by atoms with Crippen LogP contribution in [-0.4, -0.2) is 5.11 Å². The molecule has 0 aromatic heterocycles. The van der Waals surface area contributed by atoms with Gasteiger partial charge < -0.3 is 10.8 Å². The molecule has 1 aromatic rings. The molecule has 0 saturated carbocycles. The van der Waals surface area contributed by atoms with Crippen molar-refractivity contribution < 1.29 is 18.3 Å². The van der Waals surface area contributed by atoms with Crippen LogP contribution in [0.1, 0.15) is 5.56 Å². The van der Waals surface area contributed by atoms with Gasteiger partial charge in [-0.15, -0.1) is 0 Å². The topological polar surface area (TPSA) is 46.2 Å². The van der Waals surface area contributed by atoms with E-state index in [2.05, 4.69) is 0 Å². The molecule has 0 aliphatic rings.